The highest BCUT2D eigenvalue weighted by atomic mass is 16.5. The van der Waals surface area contributed by atoms with Gasteiger partial charge in [0.15, 0.2) is 11.5 Å². The molecule has 0 aliphatic rings. The van der Waals surface area contributed by atoms with E-state index in [-0.39, 0.29) is 0 Å². The summed E-state index contributed by atoms with van der Waals surface area (Å²) in [7, 11) is 1.63. The molecule has 0 saturated heterocycles. The molecule has 0 amide bonds. The van der Waals surface area contributed by atoms with Crippen molar-refractivity contribution in [2.24, 2.45) is 5.73 Å². The average molecular weight is 258 g/mol. The first-order valence-corrected chi connectivity index (χ1v) is 6.22. The van der Waals surface area contributed by atoms with E-state index in [4.69, 9.17) is 15.2 Å². The summed E-state index contributed by atoms with van der Waals surface area (Å²) in [5.74, 6) is 1.46. The van der Waals surface area contributed by atoms with Crippen LogP contribution in [0.4, 0.5) is 0 Å². The van der Waals surface area contributed by atoms with Crippen LogP contribution in [0.1, 0.15) is 11.1 Å². The molecule has 0 radical (unpaired) electrons. The van der Waals surface area contributed by atoms with E-state index in [2.05, 4.69) is 4.98 Å². The van der Waals surface area contributed by atoms with Crippen LogP contribution in [-0.2, 0) is 13.0 Å². The van der Waals surface area contributed by atoms with Crippen molar-refractivity contribution in [2.75, 3.05) is 13.7 Å². The lowest BCUT2D eigenvalue weighted by molar-refractivity contribution is 0.284. The molecule has 0 fully saturated rings. The van der Waals surface area contributed by atoms with Gasteiger partial charge in [-0.1, -0.05) is 12.1 Å². The maximum Gasteiger partial charge on any atom is 0.161 e. The predicted molar refractivity (Wildman–Crippen MR) is 74.3 cm³/mol. The van der Waals surface area contributed by atoms with Crippen molar-refractivity contribution >= 4 is 0 Å². The van der Waals surface area contributed by atoms with Crippen LogP contribution in [0.3, 0.4) is 0 Å². The van der Waals surface area contributed by atoms with Gasteiger partial charge in [-0.15, -0.1) is 0 Å². The molecule has 4 nitrogen and oxygen atoms in total. The van der Waals surface area contributed by atoms with E-state index in [1.54, 1.807) is 19.5 Å². The summed E-state index contributed by atoms with van der Waals surface area (Å²) in [6, 6.07) is 9.75. The number of benzene rings is 1. The minimum Gasteiger partial charge on any atom is -0.493 e. The third-order valence-electron chi connectivity index (χ3n) is 2.78. The van der Waals surface area contributed by atoms with Crippen molar-refractivity contribution in [1.29, 1.82) is 0 Å². The number of methoxy groups -OCH3 is 1. The van der Waals surface area contributed by atoms with Gasteiger partial charge in [0.1, 0.15) is 6.61 Å². The zero-order valence-corrected chi connectivity index (χ0v) is 11.0. The Balaban J connectivity index is 2.11. The summed E-state index contributed by atoms with van der Waals surface area (Å²) < 4.78 is 11.1. The van der Waals surface area contributed by atoms with E-state index >= 15 is 0 Å². The number of pyridine rings is 1. The van der Waals surface area contributed by atoms with Crippen molar-refractivity contribution in [3.8, 4) is 11.5 Å². The Morgan fingerprint density at radius 2 is 2.05 bits per heavy atom. The fourth-order valence-electron chi connectivity index (χ4n) is 1.80. The molecular formula is C15H18N2O2. The van der Waals surface area contributed by atoms with Crippen LogP contribution in [0.5, 0.6) is 11.5 Å². The highest BCUT2D eigenvalue weighted by molar-refractivity contribution is 5.43. The maximum absolute atomic E-state index is 5.80. The molecule has 0 unspecified atom stereocenters. The summed E-state index contributed by atoms with van der Waals surface area (Å²) in [5.41, 5.74) is 7.73. The largest absolute Gasteiger partial charge is 0.493 e. The monoisotopic (exact) mass is 258 g/mol. The van der Waals surface area contributed by atoms with Gasteiger partial charge in [-0.25, -0.2) is 0 Å². The van der Waals surface area contributed by atoms with E-state index in [1.165, 1.54) is 0 Å². The molecule has 1 aromatic heterocycles. The average Bonchev–Trinajstić information content (AvgIpc) is 2.47. The minimum atomic E-state index is 0.469. The van der Waals surface area contributed by atoms with Gasteiger partial charge in [0.2, 0.25) is 0 Å². The Labute approximate surface area is 113 Å². The number of nitrogens with two attached hydrogens (primary N) is 1. The molecule has 2 N–H and O–H groups in total. The van der Waals surface area contributed by atoms with E-state index in [1.807, 2.05) is 30.3 Å². The Bertz CT molecular complexity index is 515. The second-order valence-corrected chi connectivity index (χ2v) is 4.17. The van der Waals surface area contributed by atoms with Gasteiger partial charge in [0.05, 0.1) is 7.11 Å². The molecule has 0 saturated carbocycles. The summed E-state index contributed by atoms with van der Waals surface area (Å²) in [4.78, 5) is 4.06. The summed E-state index contributed by atoms with van der Waals surface area (Å²) in [6.07, 6.45) is 4.36. The third kappa shape index (κ3) is 3.69. The first kappa shape index (κ1) is 13.4. The highest BCUT2D eigenvalue weighted by Crippen LogP contribution is 2.28. The van der Waals surface area contributed by atoms with Crippen molar-refractivity contribution in [2.45, 2.75) is 13.0 Å². The van der Waals surface area contributed by atoms with Gasteiger partial charge in [-0.05, 0) is 36.7 Å². The van der Waals surface area contributed by atoms with Gasteiger partial charge >= 0.3 is 0 Å². The number of ether oxygens (including phenoxy) is 2. The Kier molecular flexibility index (Phi) is 4.75. The lowest BCUT2D eigenvalue weighted by Gasteiger charge is -2.12. The first-order valence-electron chi connectivity index (χ1n) is 6.22. The second-order valence-electron chi connectivity index (χ2n) is 4.17. The lowest BCUT2D eigenvalue weighted by atomic mass is 10.1. The van der Waals surface area contributed by atoms with Crippen molar-refractivity contribution in [1.82, 2.24) is 4.98 Å². The van der Waals surface area contributed by atoms with Crippen LogP contribution in [0.2, 0.25) is 0 Å². The molecule has 1 heterocycles. The number of hydrogen-bond acceptors (Lipinski definition) is 4. The minimum absolute atomic E-state index is 0.469. The normalized spacial score (nSPS) is 10.2. The van der Waals surface area contributed by atoms with Crippen LogP contribution < -0.4 is 15.2 Å². The molecule has 2 rings (SSSR count). The van der Waals surface area contributed by atoms with Gasteiger partial charge in [0.25, 0.3) is 0 Å². The van der Waals surface area contributed by atoms with Gasteiger partial charge in [0, 0.05) is 18.0 Å². The van der Waals surface area contributed by atoms with Crippen molar-refractivity contribution in [3.05, 3.63) is 53.9 Å². The standard InChI is InChI=1S/C15H18N2O2/c1-18-14-5-4-12(6-7-16)9-15(14)19-11-13-3-2-8-17-10-13/h2-5,8-10H,6-7,11,16H2,1H3. The molecule has 4 heteroatoms. The van der Waals surface area contributed by atoms with E-state index in [0.717, 1.165) is 29.0 Å². The van der Waals surface area contributed by atoms with Gasteiger partial charge < -0.3 is 15.2 Å². The molecule has 0 atom stereocenters. The molecule has 0 aliphatic carbocycles. The highest BCUT2D eigenvalue weighted by Gasteiger charge is 2.06. The fraction of sp³-hybridized carbons (Fsp3) is 0.267. The molecule has 2 aromatic rings. The zero-order chi connectivity index (χ0) is 13.5. The summed E-state index contributed by atoms with van der Waals surface area (Å²) >= 11 is 0. The lowest BCUT2D eigenvalue weighted by Crippen LogP contribution is -2.04. The Hall–Kier alpha value is -2.07. The van der Waals surface area contributed by atoms with E-state index < -0.39 is 0 Å². The van der Waals surface area contributed by atoms with Crippen LogP contribution >= 0.6 is 0 Å². The second kappa shape index (κ2) is 6.75. The SMILES string of the molecule is COc1ccc(CCN)cc1OCc1cccnc1. The third-order valence-corrected chi connectivity index (χ3v) is 2.78. The van der Waals surface area contributed by atoms with Crippen LogP contribution in [0.15, 0.2) is 42.7 Å². The van der Waals surface area contributed by atoms with Crippen LogP contribution in [0, 0.1) is 0 Å². The molecule has 0 bridgehead atoms. The number of nitrogens with zero attached hydrogens (tertiary/aromatic N) is 1. The Morgan fingerprint density at radius 1 is 1.16 bits per heavy atom. The Morgan fingerprint density at radius 3 is 2.74 bits per heavy atom. The number of rotatable bonds is 6. The molecule has 0 spiro atoms. The van der Waals surface area contributed by atoms with E-state index in [0.29, 0.717) is 13.2 Å². The molecule has 1 aromatic carbocycles. The van der Waals surface area contributed by atoms with Crippen molar-refractivity contribution < 1.29 is 9.47 Å². The fourth-order valence-corrected chi connectivity index (χ4v) is 1.80. The zero-order valence-electron chi connectivity index (χ0n) is 11.0. The summed E-state index contributed by atoms with van der Waals surface area (Å²) in [5, 5.41) is 0. The van der Waals surface area contributed by atoms with Crippen molar-refractivity contribution in [3.63, 3.8) is 0 Å². The molecule has 19 heavy (non-hydrogen) atoms. The van der Waals surface area contributed by atoms with Gasteiger partial charge in [-0.3, -0.25) is 4.98 Å². The van der Waals surface area contributed by atoms with E-state index in [9.17, 15) is 0 Å². The predicted octanol–water partition coefficient (Wildman–Crippen LogP) is 2.17. The smallest absolute Gasteiger partial charge is 0.161 e. The quantitative estimate of drug-likeness (QED) is 0.862. The molecule has 100 valence electrons. The summed E-state index contributed by atoms with van der Waals surface area (Å²) in [6.45, 7) is 1.09. The molecule has 0 aliphatic heterocycles. The molecular weight excluding hydrogens is 240 g/mol. The first-order chi connectivity index (χ1) is 9.33. The van der Waals surface area contributed by atoms with Gasteiger partial charge in [-0.2, -0.15) is 0 Å². The topological polar surface area (TPSA) is 57.4 Å². The number of aromatic nitrogens is 1. The number of hydrogen-bond donors (Lipinski definition) is 1. The van der Waals surface area contributed by atoms with Crippen LogP contribution in [0.25, 0.3) is 0 Å². The maximum atomic E-state index is 5.80. The van der Waals surface area contributed by atoms with Crippen LogP contribution in [-0.4, -0.2) is 18.6 Å².